The lowest BCUT2D eigenvalue weighted by atomic mass is 10.1. The highest BCUT2D eigenvalue weighted by molar-refractivity contribution is 6.42. The molecule has 3 rings (SSSR count). The van der Waals surface area contributed by atoms with E-state index in [1.165, 1.54) is 0 Å². The van der Waals surface area contributed by atoms with Crippen molar-refractivity contribution in [2.75, 3.05) is 0 Å². The molecule has 166 valence electrons. The van der Waals surface area contributed by atoms with E-state index in [1.54, 1.807) is 17.0 Å². The zero-order valence-electron chi connectivity index (χ0n) is 17.9. The molecule has 1 N–H and O–H groups in total. The first-order chi connectivity index (χ1) is 15.0. The molecular weight excluding hydrogens is 431 g/mol. The van der Waals surface area contributed by atoms with E-state index in [0.29, 0.717) is 35.9 Å². The minimum Gasteiger partial charge on any atom is -0.352 e. The van der Waals surface area contributed by atoms with Gasteiger partial charge < -0.3 is 10.2 Å². The molecule has 1 aliphatic rings. The maximum absolute atomic E-state index is 13.3. The van der Waals surface area contributed by atoms with Gasteiger partial charge in [-0.2, -0.15) is 0 Å². The van der Waals surface area contributed by atoms with Gasteiger partial charge in [0, 0.05) is 19.0 Å². The number of amides is 2. The molecule has 0 aromatic heterocycles. The number of benzene rings is 2. The molecule has 0 bridgehead atoms. The topological polar surface area (TPSA) is 49.4 Å². The first-order valence-electron chi connectivity index (χ1n) is 11.1. The zero-order valence-corrected chi connectivity index (χ0v) is 19.5. The quantitative estimate of drug-likeness (QED) is 0.514. The van der Waals surface area contributed by atoms with Crippen LogP contribution >= 0.6 is 23.2 Å². The maximum Gasteiger partial charge on any atom is 0.243 e. The van der Waals surface area contributed by atoms with Gasteiger partial charge in [-0.1, -0.05) is 79.4 Å². The van der Waals surface area contributed by atoms with Crippen LogP contribution in [0.4, 0.5) is 0 Å². The van der Waals surface area contributed by atoms with Crippen molar-refractivity contribution in [1.82, 2.24) is 10.2 Å². The van der Waals surface area contributed by atoms with Gasteiger partial charge in [-0.3, -0.25) is 9.59 Å². The lowest BCUT2D eigenvalue weighted by molar-refractivity contribution is -0.141. The van der Waals surface area contributed by atoms with Crippen LogP contribution in [-0.2, 0) is 22.6 Å². The highest BCUT2D eigenvalue weighted by Crippen LogP contribution is 2.25. The zero-order chi connectivity index (χ0) is 22.2. The van der Waals surface area contributed by atoms with Gasteiger partial charge in [-0.15, -0.1) is 0 Å². The fraction of sp³-hybridized carbons (Fsp3) is 0.440. The highest BCUT2D eigenvalue weighted by atomic mass is 35.5. The third kappa shape index (κ3) is 6.72. The molecule has 2 amide bonds. The lowest BCUT2D eigenvalue weighted by Crippen LogP contribution is -2.51. The van der Waals surface area contributed by atoms with E-state index in [9.17, 15) is 9.59 Å². The van der Waals surface area contributed by atoms with Gasteiger partial charge in [0.1, 0.15) is 6.04 Å². The summed E-state index contributed by atoms with van der Waals surface area (Å²) in [7, 11) is 0. The molecule has 0 saturated heterocycles. The maximum atomic E-state index is 13.3. The van der Waals surface area contributed by atoms with Crippen LogP contribution in [0.15, 0.2) is 48.5 Å². The molecule has 0 radical (unpaired) electrons. The summed E-state index contributed by atoms with van der Waals surface area (Å²) in [6.07, 6.45) is 5.84. The Morgan fingerprint density at radius 3 is 2.39 bits per heavy atom. The van der Waals surface area contributed by atoms with Crippen LogP contribution in [0.25, 0.3) is 0 Å². The van der Waals surface area contributed by atoms with Crippen LogP contribution in [-0.4, -0.2) is 28.8 Å². The van der Waals surface area contributed by atoms with Crippen molar-refractivity contribution in [2.24, 2.45) is 0 Å². The fourth-order valence-corrected chi connectivity index (χ4v) is 4.48. The summed E-state index contributed by atoms with van der Waals surface area (Å²) in [4.78, 5) is 28.1. The number of nitrogens with one attached hydrogen (secondary N) is 1. The van der Waals surface area contributed by atoms with Crippen LogP contribution in [0.3, 0.4) is 0 Å². The van der Waals surface area contributed by atoms with E-state index < -0.39 is 6.04 Å². The normalized spacial score (nSPS) is 14.9. The first-order valence-corrected chi connectivity index (χ1v) is 11.8. The van der Waals surface area contributed by atoms with Crippen molar-refractivity contribution in [2.45, 2.75) is 70.5 Å². The van der Waals surface area contributed by atoms with Crippen molar-refractivity contribution >= 4 is 35.0 Å². The molecule has 0 unspecified atom stereocenters. The molecule has 0 spiro atoms. The lowest BCUT2D eigenvalue weighted by Gasteiger charge is -2.31. The molecule has 31 heavy (non-hydrogen) atoms. The average Bonchev–Trinajstić information content (AvgIpc) is 3.28. The molecule has 1 atom stereocenters. The van der Waals surface area contributed by atoms with E-state index >= 15 is 0 Å². The Hall–Kier alpha value is -2.04. The fourth-order valence-electron chi connectivity index (χ4n) is 4.16. The van der Waals surface area contributed by atoms with Gasteiger partial charge in [0.15, 0.2) is 0 Å². The molecule has 0 heterocycles. The minimum atomic E-state index is -0.515. The van der Waals surface area contributed by atoms with Gasteiger partial charge in [-0.25, -0.2) is 0 Å². The Balaban J connectivity index is 1.77. The van der Waals surface area contributed by atoms with Crippen molar-refractivity contribution in [3.63, 3.8) is 0 Å². The Bertz CT molecular complexity index is 882. The number of rotatable bonds is 9. The van der Waals surface area contributed by atoms with Crippen molar-refractivity contribution in [3.8, 4) is 0 Å². The summed E-state index contributed by atoms with van der Waals surface area (Å²) >= 11 is 12.2. The van der Waals surface area contributed by atoms with Crippen molar-refractivity contribution < 1.29 is 9.59 Å². The van der Waals surface area contributed by atoms with Crippen LogP contribution in [0.2, 0.25) is 10.0 Å². The molecule has 2 aromatic carbocycles. The molecule has 1 saturated carbocycles. The molecular formula is C25H30Cl2N2O2. The summed E-state index contributed by atoms with van der Waals surface area (Å²) in [5.74, 6) is -0.106. The largest absolute Gasteiger partial charge is 0.352 e. The van der Waals surface area contributed by atoms with Crippen molar-refractivity contribution in [1.29, 1.82) is 0 Å². The van der Waals surface area contributed by atoms with Crippen LogP contribution in [0.5, 0.6) is 0 Å². The molecule has 6 heteroatoms. The summed E-state index contributed by atoms with van der Waals surface area (Å²) in [6, 6.07) is 15.0. The van der Waals surface area contributed by atoms with Crippen LogP contribution in [0, 0.1) is 0 Å². The SMILES string of the molecule is CC[C@H](C(=O)NC1CCCC1)N(Cc1ccc(Cl)c(Cl)c1)C(=O)CCc1ccccc1. The van der Waals surface area contributed by atoms with Gasteiger partial charge in [0.25, 0.3) is 0 Å². The third-order valence-electron chi connectivity index (χ3n) is 5.89. The molecule has 1 aliphatic carbocycles. The smallest absolute Gasteiger partial charge is 0.243 e. The Morgan fingerprint density at radius 1 is 1.03 bits per heavy atom. The Kier molecular flexibility index (Phi) is 8.79. The van der Waals surface area contributed by atoms with Gasteiger partial charge >= 0.3 is 0 Å². The number of hydrogen-bond donors (Lipinski definition) is 1. The van der Waals surface area contributed by atoms with E-state index in [-0.39, 0.29) is 17.9 Å². The standard InChI is InChI=1S/C25H30Cl2N2O2/c1-2-23(25(31)28-20-10-6-7-11-20)29(17-19-12-14-21(26)22(27)16-19)24(30)15-13-18-8-4-3-5-9-18/h3-5,8-9,12,14,16,20,23H,2,6-7,10-11,13,15,17H2,1H3,(H,28,31)/t23-/m1/s1. The first kappa shape index (κ1) is 23.6. The summed E-state index contributed by atoms with van der Waals surface area (Å²) in [6.45, 7) is 2.27. The Labute approximate surface area is 194 Å². The molecule has 0 aliphatic heterocycles. The predicted molar refractivity (Wildman–Crippen MR) is 126 cm³/mol. The van der Waals surface area contributed by atoms with E-state index in [0.717, 1.165) is 36.8 Å². The van der Waals surface area contributed by atoms with E-state index in [1.807, 2.05) is 43.3 Å². The van der Waals surface area contributed by atoms with Crippen LogP contribution in [0.1, 0.15) is 56.6 Å². The second-order valence-electron chi connectivity index (χ2n) is 8.17. The third-order valence-corrected chi connectivity index (χ3v) is 6.63. The second kappa shape index (κ2) is 11.5. The number of carbonyl (C=O) groups is 2. The number of carbonyl (C=O) groups excluding carboxylic acids is 2. The summed E-state index contributed by atoms with van der Waals surface area (Å²) in [5.41, 5.74) is 1.96. The van der Waals surface area contributed by atoms with E-state index in [4.69, 9.17) is 23.2 Å². The Morgan fingerprint density at radius 2 is 1.74 bits per heavy atom. The highest BCUT2D eigenvalue weighted by Gasteiger charge is 2.30. The monoisotopic (exact) mass is 460 g/mol. The average molecular weight is 461 g/mol. The molecule has 2 aromatic rings. The van der Waals surface area contributed by atoms with Gasteiger partial charge in [-0.05, 0) is 48.9 Å². The second-order valence-corrected chi connectivity index (χ2v) is 8.98. The van der Waals surface area contributed by atoms with Crippen molar-refractivity contribution in [3.05, 3.63) is 69.7 Å². The molecule has 4 nitrogen and oxygen atoms in total. The summed E-state index contributed by atoms with van der Waals surface area (Å²) < 4.78 is 0. The van der Waals surface area contributed by atoms with E-state index in [2.05, 4.69) is 5.32 Å². The summed E-state index contributed by atoms with van der Waals surface area (Å²) in [5, 5.41) is 4.08. The number of nitrogens with zero attached hydrogens (tertiary/aromatic N) is 1. The number of aryl methyl sites for hydroxylation is 1. The van der Waals surface area contributed by atoms with Gasteiger partial charge in [0.05, 0.1) is 10.0 Å². The molecule has 1 fully saturated rings. The number of halogens is 2. The number of hydrogen-bond acceptors (Lipinski definition) is 2. The minimum absolute atomic E-state index is 0.0386. The van der Waals surface area contributed by atoms with Crippen LogP contribution < -0.4 is 5.32 Å². The van der Waals surface area contributed by atoms with Gasteiger partial charge in [0.2, 0.25) is 11.8 Å². The predicted octanol–water partition coefficient (Wildman–Crippen LogP) is 5.79.